The monoisotopic (exact) mass is 354 g/mol. The van der Waals surface area contributed by atoms with E-state index in [9.17, 15) is 9.59 Å². The van der Waals surface area contributed by atoms with E-state index in [4.69, 9.17) is 0 Å². The molecule has 1 fully saturated rings. The number of carbonyl (C=O) groups is 1. The van der Waals surface area contributed by atoms with Crippen LogP contribution in [0.2, 0.25) is 0 Å². The highest BCUT2D eigenvalue weighted by atomic mass is 32.1. The van der Waals surface area contributed by atoms with Gasteiger partial charge in [-0.25, -0.2) is 0 Å². The van der Waals surface area contributed by atoms with Crippen LogP contribution in [0.1, 0.15) is 51.7 Å². The van der Waals surface area contributed by atoms with Crippen molar-refractivity contribution in [3.63, 3.8) is 0 Å². The summed E-state index contributed by atoms with van der Waals surface area (Å²) in [7, 11) is 0. The van der Waals surface area contributed by atoms with Gasteiger partial charge in [0.25, 0.3) is 11.5 Å². The number of fused-ring (bicyclic) bond motifs is 5. The summed E-state index contributed by atoms with van der Waals surface area (Å²) in [6.07, 6.45) is 5.72. The van der Waals surface area contributed by atoms with Gasteiger partial charge in [0.05, 0.1) is 4.88 Å². The number of piperidine rings is 1. The van der Waals surface area contributed by atoms with Crippen LogP contribution in [0.5, 0.6) is 0 Å². The zero-order chi connectivity index (χ0) is 17.0. The largest absolute Gasteiger partial charge is 0.337 e. The maximum atomic E-state index is 13.2. The van der Waals surface area contributed by atoms with Crippen LogP contribution in [0, 0.1) is 5.92 Å². The first kappa shape index (κ1) is 15.4. The lowest BCUT2D eigenvalue weighted by Crippen LogP contribution is -2.49. The Kier molecular flexibility index (Phi) is 3.59. The molecule has 0 spiro atoms. The summed E-state index contributed by atoms with van der Waals surface area (Å²) in [4.78, 5) is 28.4. The van der Waals surface area contributed by atoms with E-state index in [1.165, 1.54) is 24.0 Å². The van der Waals surface area contributed by atoms with E-state index in [0.717, 1.165) is 49.5 Å². The number of nitrogens with zero attached hydrogens (tertiary/aromatic N) is 2. The third-order valence-electron chi connectivity index (χ3n) is 6.06. The fourth-order valence-corrected chi connectivity index (χ4v) is 6.03. The van der Waals surface area contributed by atoms with Crippen LogP contribution in [-0.4, -0.2) is 28.5 Å². The first-order valence-corrected chi connectivity index (χ1v) is 10.2. The summed E-state index contributed by atoms with van der Waals surface area (Å²) in [5.41, 5.74) is 3.91. The molecule has 25 heavy (non-hydrogen) atoms. The number of pyridine rings is 1. The highest BCUT2D eigenvalue weighted by Crippen LogP contribution is 2.37. The van der Waals surface area contributed by atoms with Gasteiger partial charge in [-0.1, -0.05) is 6.07 Å². The zero-order valence-corrected chi connectivity index (χ0v) is 15.1. The lowest BCUT2D eigenvalue weighted by molar-refractivity contribution is 0.0598. The average molecular weight is 354 g/mol. The van der Waals surface area contributed by atoms with E-state index < -0.39 is 0 Å². The zero-order valence-electron chi connectivity index (χ0n) is 14.2. The maximum absolute atomic E-state index is 13.2. The number of carbonyl (C=O) groups excluding carboxylic acids is 1. The molecule has 5 heteroatoms. The van der Waals surface area contributed by atoms with Crippen molar-refractivity contribution in [1.29, 1.82) is 0 Å². The van der Waals surface area contributed by atoms with Gasteiger partial charge in [0.2, 0.25) is 0 Å². The van der Waals surface area contributed by atoms with Crippen molar-refractivity contribution in [2.45, 2.75) is 44.6 Å². The lowest BCUT2D eigenvalue weighted by Gasteiger charge is -2.42. The van der Waals surface area contributed by atoms with Crippen molar-refractivity contribution in [3.8, 4) is 0 Å². The fraction of sp³-hybridized carbons (Fsp3) is 0.500. The topological polar surface area (TPSA) is 42.3 Å². The van der Waals surface area contributed by atoms with Crippen molar-refractivity contribution in [1.82, 2.24) is 9.47 Å². The standard InChI is InChI=1S/C20H22N2O2S/c23-18-7-3-6-17-15-8-13(10-22(17)18)9-21(11-15)20(24)19-16-5-2-1-4-14(16)12-25-19/h3,6-7,12-13,15H,1-2,4-5,8-11H2. The first-order valence-electron chi connectivity index (χ1n) is 9.29. The first-order chi connectivity index (χ1) is 12.2. The molecule has 1 aliphatic carbocycles. The Labute approximate surface area is 151 Å². The van der Waals surface area contributed by atoms with Crippen LogP contribution >= 0.6 is 11.3 Å². The second kappa shape index (κ2) is 5.84. The van der Waals surface area contributed by atoms with Crippen LogP contribution in [0.4, 0.5) is 0 Å². The van der Waals surface area contributed by atoms with E-state index in [1.54, 1.807) is 17.4 Å². The molecule has 2 aliphatic heterocycles. The summed E-state index contributed by atoms with van der Waals surface area (Å²) >= 11 is 1.64. The second-order valence-electron chi connectivity index (χ2n) is 7.68. The molecule has 0 aromatic carbocycles. The number of likely N-dealkylation sites (tertiary alicyclic amines) is 1. The second-order valence-corrected chi connectivity index (χ2v) is 8.56. The van der Waals surface area contributed by atoms with E-state index in [-0.39, 0.29) is 11.5 Å². The molecule has 0 radical (unpaired) electrons. The quantitative estimate of drug-likeness (QED) is 0.790. The molecule has 130 valence electrons. The molecular formula is C20H22N2O2S. The molecule has 2 unspecified atom stereocenters. The van der Waals surface area contributed by atoms with Crippen molar-refractivity contribution < 1.29 is 4.79 Å². The molecule has 4 nitrogen and oxygen atoms in total. The van der Waals surface area contributed by atoms with Crippen molar-refractivity contribution in [3.05, 3.63) is 55.6 Å². The summed E-state index contributed by atoms with van der Waals surface area (Å²) in [5, 5.41) is 2.20. The fourth-order valence-electron chi connectivity index (χ4n) is 4.90. The minimum atomic E-state index is 0.0966. The van der Waals surface area contributed by atoms with Gasteiger partial charge in [0, 0.05) is 37.3 Å². The molecular weight excluding hydrogens is 332 g/mol. The van der Waals surface area contributed by atoms with Gasteiger partial charge in [0.1, 0.15) is 0 Å². The third kappa shape index (κ3) is 2.48. The molecule has 4 heterocycles. The maximum Gasteiger partial charge on any atom is 0.264 e. The molecule has 0 N–H and O–H groups in total. The van der Waals surface area contributed by atoms with Crippen molar-refractivity contribution in [2.24, 2.45) is 5.92 Å². The number of thiophene rings is 1. The van der Waals surface area contributed by atoms with Gasteiger partial charge in [-0.3, -0.25) is 9.59 Å². The number of hydrogen-bond donors (Lipinski definition) is 0. The molecule has 0 saturated carbocycles. The van der Waals surface area contributed by atoms with E-state index in [1.807, 2.05) is 10.6 Å². The lowest BCUT2D eigenvalue weighted by atomic mass is 9.83. The Bertz CT molecular complexity index is 897. The van der Waals surface area contributed by atoms with Crippen LogP contribution in [-0.2, 0) is 19.4 Å². The Morgan fingerprint density at radius 2 is 2.00 bits per heavy atom. The molecule has 2 atom stereocenters. The van der Waals surface area contributed by atoms with E-state index in [0.29, 0.717) is 11.8 Å². The SMILES string of the molecule is O=C(c1scc2c1CCCC2)N1CC2CC(C1)c1cccc(=O)n1C2. The Morgan fingerprint density at radius 1 is 1.12 bits per heavy atom. The van der Waals surface area contributed by atoms with Gasteiger partial charge < -0.3 is 9.47 Å². The predicted molar refractivity (Wildman–Crippen MR) is 98.4 cm³/mol. The summed E-state index contributed by atoms with van der Waals surface area (Å²) in [6, 6.07) is 5.56. The van der Waals surface area contributed by atoms with Crippen LogP contribution in [0.15, 0.2) is 28.4 Å². The third-order valence-corrected chi connectivity index (χ3v) is 7.12. The van der Waals surface area contributed by atoms with Crippen LogP contribution < -0.4 is 5.56 Å². The molecule has 1 saturated heterocycles. The molecule has 2 aromatic rings. The number of aryl methyl sites for hydroxylation is 1. The summed E-state index contributed by atoms with van der Waals surface area (Å²) < 4.78 is 1.92. The van der Waals surface area contributed by atoms with Gasteiger partial charge in [-0.15, -0.1) is 11.3 Å². The normalized spacial score (nSPS) is 24.6. The minimum absolute atomic E-state index is 0.0966. The number of hydrogen-bond acceptors (Lipinski definition) is 3. The summed E-state index contributed by atoms with van der Waals surface area (Å²) in [5.74, 6) is 0.904. The smallest absolute Gasteiger partial charge is 0.264 e. The number of aromatic nitrogens is 1. The van der Waals surface area contributed by atoms with Crippen molar-refractivity contribution >= 4 is 17.2 Å². The van der Waals surface area contributed by atoms with E-state index in [2.05, 4.69) is 16.3 Å². The average Bonchev–Trinajstić information content (AvgIpc) is 3.06. The van der Waals surface area contributed by atoms with Crippen molar-refractivity contribution in [2.75, 3.05) is 13.1 Å². The molecule has 3 aliphatic rings. The Balaban J connectivity index is 1.45. The Morgan fingerprint density at radius 3 is 2.92 bits per heavy atom. The van der Waals surface area contributed by atoms with Crippen LogP contribution in [0.25, 0.3) is 0 Å². The highest BCUT2D eigenvalue weighted by Gasteiger charge is 2.37. The minimum Gasteiger partial charge on any atom is -0.337 e. The molecule has 5 rings (SSSR count). The predicted octanol–water partition coefficient (Wildman–Crippen LogP) is 3.05. The van der Waals surface area contributed by atoms with Gasteiger partial charge >= 0.3 is 0 Å². The molecule has 1 amide bonds. The molecule has 2 aromatic heterocycles. The Hall–Kier alpha value is -1.88. The number of rotatable bonds is 1. The van der Waals surface area contributed by atoms with Gasteiger partial charge in [0.15, 0.2) is 0 Å². The highest BCUT2D eigenvalue weighted by molar-refractivity contribution is 7.12. The van der Waals surface area contributed by atoms with Gasteiger partial charge in [-0.05, 0) is 60.6 Å². The van der Waals surface area contributed by atoms with Crippen LogP contribution in [0.3, 0.4) is 0 Å². The van der Waals surface area contributed by atoms with Gasteiger partial charge in [-0.2, -0.15) is 0 Å². The summed E-state index contributed by atoms with van der Waals surface area (Å²) in [6.45, 7) is 2.27. The molecule has 2 bridgehead atoms. The van der Waals surface area contributed by atoms with E-state index >= 15 is 0 Å². The number of amides is 1.